The fourth-order valence-corrected chi connectivity index (χ4v) is 6.16. The zero-order chi connectivity index (χ0) is 27.2. The maximum atomic E-state index is 13.2. The molecular formula is C32H35Cl2N3O2. The average molecular weight is 565 g/mol. The number of aromatic nitrogens is 1. The Kier molecular flexibility index (Phi) is 9.13. The molecule has 0 spiro atoms. The first kappa shape index (κ1) is 27.6. The molecule has 1 unspecified atom stereocenters. The van der Waals surface area contributed by atoms with E-state index in [0.29, 0.717) is 23.0 Å². The molecule has 4 aromatic rings. The summed E-state index contributed by atoms with van der Waals surface area (Å²) in [4.78, 5) is 15.8. The maximum Gasteiger partial charge on any atom is 0.253 e. The molecule has 1 aliphatic rings. The number of hydrogen-bond donors (Lipinski definition) is 1. The van der Waals surface area contributed by atoms with Gasteiger partial charge < -0.3 is 19.5 Å². The number of hydrogen-bond acceptors (Lipinski definition) is 3. The molecule has 204 valence electrons. The summed E-state index contributed by atoms with van der Waals surface area (Å²) in [7, 11) is 1.68. The molecule has 3 aromatic carbocycles. The van der Waals surface area contributed by atoms with Gasteiger partial charge in [0.2, 0.25) is 0 Å². The summed E-state index contributed by atoms with van der Waals surface area (Å²) in [5.41, 5.74) is 3.83. The van der Waals surface area contributed by atoms with E-state index in [1.807, 2.05) is 60.8 Å². The first-order chi connectivity index (χ1) is 19.0. The van der Waals surface area contributed by atoms with Crippen molar-refractivity contribution in [2.24, 2.45) is 5.92 Å². The Morgan fingerprint density at radius 2 is 1.90 bits per heavy atom. The molecule has 5 nitrogen and oxygen atoms in total. The third-order valence-electron chi connectivity index (χ3n) is 7.61. The minimum Gasteiger partial charge on any atom is -0.495 e. The molecule has 0 saturated carbocycles. The third kappa shape index (κ3) is 6.78. The summed E-state index contributed by atoms with van der Waals surface area (Å²) < 4.78 is 7.87. The van der Waals surface area contributed by atoms with Crippen LogP contribution in [-0.2, 0) is 19.5 Å². The van der Waals surface area contributed by atoms with Crippen LogP contribution in [0.3, 0.4) is 0 Å². The van der Waals surface area contributed by atoms with Crippen LogP contribution in [0, 0.1) is 5.92 Å². The fraction of sp³-hybridized carbons (Fsp3) is 0.344. The second kappa shape index (κ2) is 12.9. The highest BCUT2D eigenvalue weighted by Gasteiger charge is 2.22. The van der Waals surface area contributed by atoms with Gasteiger partial charge in [0.25, 0.3) is 5.91 Å². The van der Waals surface area contributed by atoms with Crippen molar-refractivity contribution in [3.63, 3.8) is 0 Å². The van der Waals surface area contributed by atoms with Gasteiger partial charge in [-0.05, 0) is 80.1 Å². The number of benzene rings is 3. The van der Waals surface area contributed by atoms with Crippen molar-refractivity contribution in [3.05, 3.63) is 99.7 Å². The number of likely N-dealkylation sites (tertiary alicyclic amines) is 1. The van der Waals surface area contributed by atoms with Crippen LogP contribution in [0.2, 0.25) is 10.0 Å². The van der Waals surface area contributed by atoms with Crippen LogP contribution in [0.15, 0.2) is 72.9 Å². The number of carbonyl (C=O) groups excluding carboxylic acids is 1. The van der Waals surface area contributed by atoms with Gasteiger partial charge in [0.15, 0.2) is 0 Å². The average Bonchev–Trinajstić information content (AvgIpc) is 3.32. The molecular weight excluding hydrogens is 529 g/mol. The number of halogens is 2. The first-order valence-corrected chi connectivity index (χ1v) is 14.4. The molecule has 0 radical (unpaired) electrons. The molecule has 2 heterocycles. The molecule has 1 amide bonds. The predicted octanol–water partition coefficient (Wildman–Crippen LogP) is 7.23. The Hall–Kier alpha value is -2.99. The van der Waals surface area contributed by atoms with Crippen molar-refractivity contribution in [1.82, 2.24) is 14.8 Å². The fourth-order valence-electron chi connectivity index (χ4n) is 5.73. The van der Waals surface area contributed by atoms with Crippen molar-refractivity contribution in [2.75, 3.05) is 26.7 Å². The van der Waals surface area contributed by atoms with E-state index in [4.69, 9.17) is 27.9 Å². The quantitative estimate of drug-likeness (QED) is 0.221. The van der Waals surface area contributed by atoms with E-state index in [9.17, 15) is 4.79 Å². The van der Waals surface area contributed by atoms with E-state index < -0.39 is 0 Å². The zero-order valence-electron chi connectivity index (χ0n) is 22.3. The Morgan fingerprint density at radius 3 is 2.72 bits per heavy atom. The molecule has 1 saturated heterocycles. The molecule has 39 heavy (non-hydrogen) atoms. The monoisotopic (exact) mass is 563 g/mol. The van der Waals surface area contributed by atoms with Crippen molar-refractivity contribution in [1.29, 1.82) is 0 Å². The van der Waals surface area contributed by atoms with Gasteiger partial charge in [-0.2, -0.15) is 0 Å². The lowest BCUT2D eigenvalue weighted by atomic mass is 9.91. The number of amides is 1. The smallest absolute Gasteiger partial charge is 0.253 e. The van der Waals surface area contributed by atoms with Gasteiger partial charge in [-0.1, -0.05) is 65.7 Å². The summed E-state index contributed by atoms with van der Waals surface area (Å²) in [6.45, 7) is 4.47. The molecule has 7 heteroatoms. The largest absolute Gasteiger partial charge is 0.495 e. The number of rotatable bonds is 10. The zero-order valence-corrected chi connectivity index (χ0v) is 23.8. The number of para-hydroxylation sites is 1. The second-order valence-corrected chi connectivity index (χ2v) is 11.2. The number of nitrogens with zero attached hydrogens (tertiary/aromatic N) is 2. The van der Waals surface area contributed by atoms with Crippen LogP contribution >= 0.6 is 23.2 Å². The van der Waals surface area contributed by atoms with Gasteiger partial charge in [0.1, 0.15) is 5.75 Å². The van der Waals surface area contributed by atoms with Gasteiger partial charge in [0.05, 0.1) is 18.2 Å². The standard InChI is InChI=1S/C32H35Cl2N3O2/c1-39-30-14-5-12-27-28(32(38)35-20-23-8-4-11-26(33)19-23)22-37(31(27)30)17-7-16-36-15-6-9-24(21-36)18-25-10-2-3-13-29(25)34/h2-5,8,10-14,19,22,24H,6-7,9,15-18,20-21H2,1H3,(H,35,38). The molecule has 0 aliphatic carbocycles. The number of aryl methyl sites for hydroxylation is 1. The molecule has 1 atom stereocenters. The number of piperidine rings is 1. The number of fused-ring (bicyclic) bond motifs is 1. The summed E-state index contributed by atoms with van der Waals surface area (Å²) >= 11 is 12.5. The van der Waals surface area contributed by atoms with E-state index in [0.717, 1.165) is 66.3 Å². The Bertz CT molecular complexity index is 1430. The third-order valence-corrected chi connectivity index (χ3v) is 8.21. The molecule has 1 aliphatic heterocycles. The topological polar surface area (TPSA) is 46.5 Å². The lowest BCUT2D eigenvalue weighted by Crippen LogP contribution is -2.37. The molecule has 1 fully saturated rings. The van der Waals surface area contributed by atoms with Gasteiger partial charge in [0, 0.05) is 41.3 Å². The number of nitrogens with one attached hydrogen (secondary N) is 1. The van der Waals surface area contributed by atoms with E-state index in [1.54, 1.807) is 7.11 Å². The van der Waals surface area contributed by atoms with Crippen LogP contribution in [-0.4, -0.2) is 42.1 Å². The van der Waals surface area contributed by atoms with Gasteiger partial charge in [-0.3, -0.25) is 4.79 Å². The Balaban J connectivity index is 1.24. The van der Waals surface area contributed by atoms with Crippen molar-refractivity contribution >= 4 is 40.0 Å². The minimum absolute atomic E-state index is 0.106. The Morgan fingerprint density at radius 1 is 1.05 bits per heavy atom. The highest BCUT2D eigenvalue weighted by Crippen LogP contribution is 2.31. The van der Waals surface area contributed by atoms with Crippen LogP contribution in [0.1, 0.15) is 40.7 Å². The van der Waals surface area contributed by atoms with E-state index in [1.165, 1.54) is 18.4 Å². The summed E-state index contributed by atoms with van der Waals surface area (Å²) in [6, 6.07) is 21.6. The minimum atomic E-state index is -0.106. The molecule has 1 N–H and O–H groups in total. The second-order valence-electron chi connectivity index (χ2n) is 10.4. The molecule has 1 aromatic heterocycles. The first-order valence-electron chi connectivity index (χ1n) is 13.7. The van der Waals surface area contributed by atoms with E-state index in [-0.39, 0.29) is 5.91 Å². The predicted molar refractivity (Wildman–Crippen MR) is 160 cm³/mol. The number of ether oxygens (including phenoxy) is 1. The normalized spacial score (nSPS) is 15.9. The summed E-state index contributed by atoms with van der Waals surface area (Å²) in [5, 5.41) is 5.48. The van der Waals surface area contributed by atoms with Crippen molar-refractivity contribution in [2.45, 2.75) is 38.8 Å². The van der Waals surface area contributed by atoms with Crippen LogP contribution < -0.4 is 10.1 Å². The van der Waals surface area contributed by atoms with Crippen LogP contribution in [0.25, 0.3) is 10.9 Å². The van der Waals surface area contributed by atoms with Crippen LogP contribution in [0.4, 0.5) is 0 Å². The lowest BCUT2D eigenvalue weighted by molar-refractivity contribution is 0.0952. The van der Waals surface area contributed by atoms with Crippen molar-refractivity contribution in [3.8, 4) is 5.75 Å². The number of carbonyl (C=O) groups is 1. The highest BCUT2D eigenvalue weighted by atomic mass is 35.5. The highest BCUT2D eigenvalue weighted by molar-refractivity contribution is 6.31. The summed E-state index contributed by atoms with van der Waals surface area (Å²) in [6.07, 6.45) is 6.45. The van der Waals surface area contributed by atoms with E-state index >= 15 is 0 Å². The van der Waals surface area contributed by atoms with Gasteiger partial charge in [-0.25, -0.2) is 0 Å². The summed E-state index contributed by atoms with van der Waals surface area (Å²) in [5.74, 6) is 1.30. The van der Waals surface area contributed by atoms with Crippen molar-refractivity contribution < 1.29 is 9.53 Å². The molecule has 0 bridgehead atoms. The van der Waals surface area contributed by atoms with Crippen LogP contribution in [0.5, 0.6) is 5.75 Å². The van der Waals surface area contributed by atoms with E-state index in [2.05, 4.69) is 26.9 Å². The van der Waals surface area contributed by atoms with Gasteiger partial charge >= 0.3 is 0 Å². The lowest BCUT2D eigenvalue weighted by Gasteiger charge is -2.33. The number of methoxy groups -OCH3 is 1. The maximum absolute atomic E-state index is 13.2. The molecule has 5 rings (SSSR count). The van der Waals surface area contributed by atoms with Gasteiger partial charge in [-0.15, -0.1) is 0 Å². The Labute approximate surface area is 240 Å². The SMILES string of the molecule is COc1cccc2c(C(=O)NCc3cccc(Cl)c3)cn(CCCN3CCCC(Cc4ccccc4Cl)C3)c12.